The molecule has 4 heteroatoms. The van der Waals surface area contributed by atoms with Crippen molar-refractivity contribution >= 4 is 36.2 Å². The molecule has 0 fully saturated rings. The number of nitrogens with two attached hydrogens (primary N) is 2. The van der Waals surface area contributed by atoms with Gasteiger partial charge >= 0.3 is 0 Å². The lowest BCUT2D eigenvalue weighted by molar-refractivity contribution is 0.963. The maximum Gasteiger partial charge on any atom is 0.0367 e. The van der Waals surface area contributed by atoms with Gasteiger partial charge in [-0.05, 0) is 47.2 Å². The molecule has 0 amide bonds. The van der Waals surface area contributed by atoms with Gasteiger partial charge in [0.15, 0.2) is 0 Å². The number of anilines is 2. The summed E-state index contributed by atoms with van der Waals surface area (Å²) in [7, 11) is 0. The molecule has 0 heterocycles. The molecule has 3 aromatic rings. The van der Waals surface area contributed by atoms with Crippen molar-refractivity contribution in [2.45, 2.75) is 12.8 Å². The van der Waals surface area contributed by atoms with Crippen LogP contribution in [-0.2, 0) is 12.8 Å². The minimum atomic E-state index is 0. The molecule has 2 nitrogen and oxygen atoms in total. The molecule has 0 atom stereocenters. The van der Waals surface area contributed by atoms with Crippen molar-refractivity contribution in [3.05, 3.63) is 83.9 Å². The molecule has 24 heavy (non-hydrogen) atoms. The summed E-state index contributed by atoms with van der Waals surface area (Å²) in [6.45, 7) is 0. The fourth-order valence-electron chi connectivity index (χ4n) is 2.61. The van der Waals surface area contributed by atoms with Crippen LogP contribution in [0.5, 0.6) is 0 Å². The first kappa shape index (κ1) is 19.9. The molecule has 0 aliphatic heterocycles. The quantitative estimate of drug-likeness (QED) is 0.632. The zero-order chi connectivity index (χ0) is 15.4. The Bertz CT molecular complexity index is 756. The molecule has 0 aliphatic rings. The summed E-state index contributed by atoms with van der Waals surface area (Å²) < 4.78 is 0. The number of hydrogen-bond acceptors (Lipinski definition) is 2. The van der Waals surface area contributed by atoms with E-state index >= 15 is 0 Å². The minimum absolute atomic E-state index is 0. The summed E-state index contributed by atoms with van der Waals surface area (Å²) in [5, 5.41) is 0. The van der Waals surface area contributed by atoms with Crippen molar-refractivity contribution in [3.8, 4) is 11.1 Å². The van der Waals surface area contributed by atoms with E-state index < -0.39 is 0 Å². The van der Waals surface area contributed by atoms with E-state index in [0.717, 1.165) is 24.1 Å². The fraction of sp³-hybridized carbons (Fsp3) is 0.100. The van der Waals surface area contributed by atoms with Gasteiger partial charge in [-0.1, -0.05) is 60.7 Å². The molecule has 0 aliphatic carbocycles. The predicted molar refractivity (Wildman–Crippen MR) is 109 cm³/mol. The smallest absolute Gasteiger partial charge is 0.0367 e. The van der Waals surface area contributed by atoms with Gasteiger partial charge < -0.3 is 11.5 Å². The standard InChI is InChI=1S/C20H20N2.2ClH/c21-19-13-12-18(20(22)14-19)11-8-15-6-9-17(10-7-15)16-4-2-1-3-5-16;;/h1-7,9-10,12-14H,8,11,21-22H2;2*1H. The van der Waals surface area contributed by atoms with Gasteiger partial charge in [0.05, 0.1) is 0 Å². The number of benzene rings is 3. The third kappa shape index (κ3) is 4.92. The van der Waals surface area contributed by atoms with Crippen molar-refractivity contribution in [1.29, 1.82) is 0 Å². The molecule has 0 radical (unpaired) electrons. The van der Waals surface area contributed by atoms with Crippen molar-refractivity contribution < 1.29 is 0 Å². The van der Waals surface area contributed by atoms with Gasteiger partial charge in [-0.2, -0.15) is 0 Å². The van der Waals surface area contributed by atoms with Crippen molar-refractivity contribution in [2.75, 3.05) is 11.5 Å². The molecule has 0 unspecified atom stereocenters. The Balaban J connectivity index is 0.00000144. The van der Waals surface area contributed by atoms with Crippen LogP contribution in [-0.4, -0.2) is 0 Å². The molecule has 4 N–H and O–H groups in total. The molecule has 126 valence electrons. The minimum Gasteiger partial charge on any atom is -0.399 e. The van der Waals surface area contributed by atoms with Gasteiger partial charge in [-0.25, -0.2) is 0 Å². The average molecular weight is 361 g/mol. The van der Waals surface area contributed by atoms with Gasteiger partial charge in [0, 0.05) is 11.4 Å². The summed E-state index contributed by atoms with van der Waals surface area (Å²) in [4.78, 5) is 0. The highest BCUT2D eigenvalue weighted by atomic mass is 35.5. The van der Waals surface area contributed by atoms with Crippen LogP contribution in [0, 0.1) is 0 Å². The second kappa shape index (κ2) is 9.21. The monoisotopic (exact) mass is 360 g/mol. The number of hydrogen-bond donors (Lipinski definition) is 2. The van der Waals surface area contributed by atoms with Crippen LogP contribution in [0.1, 0.15) is 11.1 Å². The number of nitrogen functional groups attached to an aromatic ring is 2. The van der Waals surface area contributed by atoms with Gasteiger partial charge in [-0.3, -0.25) is 0 Å². The van der Waals surface area contributed by atoms with Crippen LogP contribution in [0.2, 0.25) is 0 Å². The third-order valence-electron chi connectivity index (χ3n) is 3.91. The zero-order valence-electron chi connectivity index (χ0n) is 13.3. The first-order chi connectivity index (χ1) is 10.7. The van der Waals surface area contributed by atoms with E-state index in [0.29, 0.717) is 5.69 Å². The van der Waals surface area contributed by atoms with Crippen LogP contribution in [0.4, 0.5) is 11.4 Å². The molecule has 3 aromatic carbocycles. The van der Waals surface area contributed by atoms with E-state index in [1.807, 2.05) is 24.3 Å². The van der Waals surface area contributed by atoms with Gasteiger partial charge in [0.1, 0.15) is 0 Å². The topological polar surface area (TPSA) is 52.0 Å². The summed E-state index contributed by atoms with van der Waals surface area (Å²) in [6, 6.07) is 24.9. The Labute approximate surface area is 155 Å². The Kier molecular flexibility index (Phi) is 7.63. The van der Waals surface area contributed by atoms with Crippen LogP contribution in [0.15, 0.2) is 72.8 Å². The first-order valence-corrected chi connectivity index (χ1v) is 7.50. The van der Waals surface area contributed by atoms with E-state index in [2.05, 4.69) is 48.5 Å². The number of rotatable bonds is 4. The van der Waals surface area contributed by atoms with Crippen molar-refractivity contribution in [1.82, 2.24) is 0 Å². The molecule has 0 saturated carbocycles. The second-order valence-corrected chi connectivity index (χ2v) is 5.52. The summed E-state index contributed by atoms with van der Waals surface area (Å²) >= 11 is 0. The average Bonchev–Trinajstić information content (AvgIpc) is 2.55. The highest BCUT2D eigenvalue weighted by Crippen LogP contribution is 2.21. The molecule has 3 rings (SSSR count). The highest BCUT2D eigenvalue weighted by molar-refractivity contribution is 5.85. The highest BCUT2D eigenvalue weighted by Gasteiger charge is 2.02. The van der Waals surface area contributed by atoms with E-state index in [-0.39, 0.29) is 24.8 Å². The Morgan fingerprint density at radius 1 is 0.625 bits per heavy atom. The van der Waals surface area contributed by atoms with Crippen LogP contribution >= 0.6 is 24.8 Å². The fourth-order valence-corrected chi connectivity index (χ4v) is 2.61. The SMILES string of the molecule is Cl.Cl.Nc1ccc(CCc2ccc(-c3ccccc3)cc2)c(N)c1. The van der Waals surface area contributed by atoms with Gasteiger partial charge in [-0.15, -0.1) is 24.8 Å². The van der Waals surface area contributed by atoms with Gasteiger partial charge in [0.25, 0.3) is 0 Å². The second-order valence-electron chi connectivity index (χ2n) is 5.52. The molecular weight excluding hydrogens is 339 g/mol. The molecule has 0 saturated heterocycles. The normalized spacial score (nSPS) is 9.67. The number of halogens is 2. The van der Waals surface area contributed by atoms with E-state index in [1.54, 1.807) is 0 Å². The van der Waals surface area contributed by atoms with Crippen LogP contribution < -0.4 is 11.5 Å². The molecule has 0 spiro atoms. The van der Waals surface area contributed by atoms with Crippen LogP contribution in [0.3, 0.4) is 0 Å². The van der Waals surface area contributed by atoms with Crippen molar-refractivity contribution in [2.24, 2.45) is 0 Å². The Hall–Kier alpha value is -2.16. The molecule has 0 bridgehead atoms. The maximum atomic E-state index is 6.01. The lowest BCUT2D eigenvalue weighted by Crippen LogP contribution is -1.98. The molecular formula is C20H22Cl2N2. The first-order valence-electron chi connectivity index (χ1n) is 7.50. The van der Waals surface area contributed by atoms with E-state index in [9.17, 15) is 0 Å². The summed E-state index contributed by atoms with van der Waals surface area (Å²) in [5.74, 6) is 0. The lowest BCUT2D eigenvalue weighted by Gasteiger charge is -2.08. The summed E-state index contributed by atoms with van der Waals surface area (Å²) in [5.41, 5.74) is 18.2. The third-order valence-corrected chi connectivity index (χ3v) is 3.91. The Morgan fingerprint density at radius 2 is 1.25 bits per heavy atom. The Morgan fingerprint density at radius 3 is 1.88 bits per heavy atom. The predicted octanol–water partition coefficient (Wildman–Crippen LogP) is 5.15. The van der Waals surface area contributed by atoms with Gasteiger partial charge in [0.2, 0.25) is 0 Å². The van der Waals surface area contributed by atoms with E-state index in [4.69, 9.17) is 11.5 Å². The lowest BCUT2D eigenvalue weighted by atomic mass is 9.99. The summed E-state index contributed by atoms with van der Waals surface area (Å²) in [6.07, 6.45) is 1.90. The van der Waals surface area contributed by atoms with E-state index in [1.165, 1.54) is 16.7 Å². The van der Waals surface area contributed by atoms with Crippen molar-refractivity contribution in [3.63, 3.8) is 0 Å². The largest absolute Gasteiger partial charge is 0.399 e. The van der Waals surface area contributed by atoms with Crippen LogP contribution in [0.25, 0.3) is 11.1 Å². The zero-order valence-corrected chi connectivity index (χ0v) is 14.9. The maximum absolute atomic E-state index is 6.01. The number of aryl methyl sites for hydroxylation is 2. The molecule has 0 aromatic heterocycles.